The lowest BCUT2D eigenvalue weighted by atomic mass is 10.2. The highest BCUT2D eigenvalue weighted by molar-refractivity contribution is 9.10. The second kappa shape index (κ2) is 4.76. The molecule has 0 aliphatic heterocycles. The van der Waals surface area contributed by atoms with E-state index in [-0.39, 0.29) is 0 Å². The Morgan fingerprint density at radius 1 is 1.44 bits per heavy atom. The monoisotopic (exact) mass is 305 g/mol. The van der Waals surface area contributed by atoms with Gasteiger partial charge in [-0.05, 0) is 37.5 Å². The van der Waals surface area contributed by atoms with Crippen molar-refractivity contribution >= 4 is 21.9 Å². The van der Waals surface area contributed by atoms with E-state index < -0.39 is 0 Å². The molecule has 1 aliphatic rings. The molecule has 94 valence electrons. The van der Waals surface area contributed by atoms with Crippen LogP contribution >= 0.6 is 15.9 Å². The Morgan fingerprint density at radius 2 is 2.28 bits per heavy atom. The third-order valence-corrected chi connectivity index (χ3v) is 3.54. The highest BCUT2D eigenvalue weighted by atomic mass is 79.9. The summed E-state index contributed by atoms with van der Waals surface area (Å²) in [6.45, 7) is 2.89. The minimum atomic E-state index is 0.632. The first-order valence-corrected chi connectivity index (χ1v) is 7.05. The maximum atomic E-state index is 4.55. The normalized spacial score (nSPS) is 14.8. The van der Waals surface area contributed by atoms with Crippen LogP contribution in [0.2, 0.25) is 0 Å². The fraction of sp³-hybridized carbons (Fsp3) is 0.357. The van der Waals surface area contributed by atoms with Gasteiger partial charge in [0.05, 0.1) is 12.2 Å². The molecule has 0 spiro atoms. The van der Waals surface area contributed by atoms with Crippen molar-refractivity contribution in [1.82, 2.24) is 9.55 Å². The number of aryl methyl sites for hydroxylation is 1. The van der Waals surface area contributed by atoms with Crippen LogP contribution in [0.15, 0.2) is 34.9 Å². The fourth-order valence-corrected chi connectivity index (χ4v) is 2.47. The molecule has 1 aromatic heterocycles. The van der Waals surface area contributed by atoms with Crippen LogP contribution in [-0.2, 0) is 6.54 Å². The minimum Gasteiger partial charge on any atom is -0.353 e. The molecule has 0 amide bonds. The number of anilines is 1. The van der Waals surface area contributed by atoms with Crippen molar-refractivity contribution in [2.24, 2.45) is 0 Å². The van der Waals surface area contributed by atoms with Gasteiger partial charge in [-0.2, -0.15) is 0 Å². The summed E-state index contributed by atoms with van der Waals surface area (Å²) in [6.07, 6.45) is 4.64. The standard InChI is InChI=1S/C14H16BrN3/c1-10-8-18(14(16-10)17-13-5-6-13)9-11-3-2-4-12(15)7-11/h2-4,7-8,13H,5-6,9H2,1H3,(H,16,17). The third-order valence-electron chi connectivity index (χ3n) is 3.05. The van der Waals surface area contributed by atoms with Crippen molar-refractivity contribution in [3.05, 3.63) is 46.2 Å². The number of hydrogen-bond acceptors (Lipinski definition) is 2. The molecule has 3 rings (SSSR count). The van der Waals surface area contributed by atoms with Crippen LogP contribution in [0.3, 0.4) is 0 Å². The second-order valence-corrected chi connectivity index (χ2v) is 5.80. The average Bonchev–Trinajstić information content (AvgIpc) is 3.05. The van der Waals surface area contributed by atoms with Crippen LogP contribution in [0, 0.1) is 6.92 Å². The van der Waals surface area contributed by atoms with Crippen LogP contribution in [0.5, 0.6) is 0 Å². The van der Waals surface area contributed by atoms with Gasteiger partial charge in [0.15, 0.2) is 0 Å². The lowest BCUT2D eigenvalue weighted by Gasteiger charge is -2.09. The first-order chi connectivity index (χ1) is 8.70. The van der Waals surface area contributed by atoms with Gasteiger partial charge in [-0.15, -0.1) is 0 Å². The summed E-state index contributed by atoms with van der Waals surface area (Å²) in [6, 6.07) is 9.04. The Kier molecular flexibility index (Phi) is 3.12. The van der Waals surface area contributed by atoms with Crippen molar-refractivity contribution < 1.29 is 0 Å². The summed E-state index contributed by atoms with van der Waals surface area (Å²) in [5.74, 6) is 0.995. The van der Waals surface area contributed by atoms with Crippen molar-refractivity contribution in [3.63, 3.8) is 0 Å². The van der Waals surface area contributed by atoms with Crippen LogP contribution in [-0.4, -0.2) is 15.6 Å². The molecule has 1 fully saturated rings. The molecule has 0 radical (unpaired) electrons. The largest absolute Gasteiger partial charge is 0.353 e. The quantitative estimate of drug-likeness (QED) is 0.936. The second-order valence-electron chi connectivity index (χ2n) is 4.88. The van der Waals surface area contributed by atoms with Crippen LogP contribution in [0.4, 0.5) is 5.95 Å². The van der Waals surface area contributed by atoms with E-state index in [0.29, 0.717) is 6.04 Å². The van der Waals surface area contributed by atoms with Gasteiger partial charge in [0.1, 0.15) is 0 Å². The minimum absolute atomic E-state index is 0.632. The molecule has 1 aliphatic carbocycles. The van der Waals surface area contributed by atoms with Crippen molar-refractivity contribution in [1.29, 1.82) is 0 Å². The summed E-state index contributed by atoms with van der Waals surface area (Å²) in [7, 11) is 0. The fourth-order valence-electron chi connectivity index (χ4n) is 2.02. The molecule has 1 heterocycles. The molecule has 1 N–H and O–H groups in total. The van der Waals surface area contributed by atoms with Gasteiger partial charge in [0, 0.05) is 16.7 Å². The number of nitrogens with one attached hydrogen (secondary N) is 1. The number of aromatic nitrogens is 2. The molecule has 18 heavy (non-hydrogen) atoms. The van der Waals surface area contributed by atoms with Crippen LogP contribution < -0.4 is 5.32 Å². The topological polar surface area (TPSA) is 29.9 Å². The zero-order valence-electron chi connectivity index (χ0n) is 10.4. The summed E-state index contributed by atoms with van der Waals surface area (Å²) in [5.41, 5.74) is 2.34. The smallest absolute Gasteiger partial charge is 0.203 e. The Labute approximate surface area is 115 Å². The van der Waals surface area contributed by atoms with E-state index in [1.165, 1.54) is 18.4 Å². The van der Waals surface area contributed by atoms with Crippen LogP contribution in [0.25, 0.3) is 0 Å². The van der Waals surface area contributed by atoms with Crippen LogP contribution in [0.1, 0.15) is 24.1 Å². The van der Waals surface area contributed by atoms with Crippen molar-refractivity contribution in [2.75, 3.05) is 5.32 Å². The molecule has 4 heteroatoms. The van der Waals surface area contributed by atoms with E-state index in [1.54, 1.807) is 0 Å². The van der Waals surface area contributed by atoms with Gasteiger partial charge in [-0.3, -0.25) is 0 Å². The molecule has 3 nitrogen and oxygen atoms in total. The predicted molar refractivity (Wildman–Crippen MR) is 76.9 cm³/mol. The van der Waals surface area contributed by atoms with Gasteiger partial charge < -0.3 is 9.88 Å². The van der Waals surface area contributed by atoms with E-state index in [2.05, 4.69) is 55.2 Å². The molecule has 2 aromatic rings. The first kappa shape index (κ1) is 11.8. The van der Waals surface area contributed by atoms with Gasteiger partial charge in [-0.1, -0.05) is 28.1 Å². The number of nitrogens with zero attached hydrogens (tertiary/aromatic N) is 2. The summed E-state index contributed by atoms with van der Waals surface area (Å²) in [4.78, 5) is 4.55. The summed E-state index contributed by atoms with van der Waals surface area (Å²) >= 11 is 3.51. The van der Waals surface area contributed by atoms with Gasteiger partial charge in [0.25, 0.3) is 0 Å². The van der Waals surface area contributed by atoms with Crippen molar-refractivity contribution in [3.8, 4) is 0 Å². The van der Waals surface area contributed by atoms with E-state index in [9.17, 15) is 0 Å². The molecular weight excluding hydrogens is 290 g/mol. The molecule has 0 atom stereocenters. The predicted octanol–water partition coefficient (Wildman–Crippen LogP) is 3.58. The molecule has 0 bridgehead atoms. The average molecular weight is 306 g/mol. The van der Waals surface area contributed by atoms with Gasteiger partial charge in [0.2, 0.25) is 5.95 Å². The lowest BCUT2D eigenvalue weighted by Crippen LogP contribution is -2.09. The highest BCUT2D eigenvalue weighted by Gasteiger charge is 2.22. The Bertz CT molecular complexity index is 558. The maximum absolute atomic E-state index is 4.55. The SMILES string of the molecule is Cc1cn(Cc2cccc(Br)c2)c(NC2CC2)n1. The number of hydrogen-bond donors (Lipinski definition) is 1. The van der Waals surface area contributed by atoms with Gasteiger partial charge >= 0.3 is 0 Å². The van der Waals surface area contributed by atoms with E-state index in [4.69, 9.17) is 0 Å². The highest BCUT2D eigenvalue weighted by Crippen LogP contribution is 2.25. The number of benzene rings is 1. The molecule has 1 saturated carbocycles. The number of imidazole rings is 1. The van der Waals surface area contributed by atoms with Crippen molar-refractivity contribution in [2.45, 2.75) is 32.4 Å². The number of rotatable bonds is 4. The molecule has 0 unspecified atom stereocenters. The zero-order chi connectivity index (χ0) is 12.5. The summed E-state index contributed by atoms with van der Waals surface area (Å²) < 4.78 is 3.31. The van der Waals surface area contributed by atoms with E-state index in [0.717, 1.165) is 22.7 Å². The summed E-state index contributed by atoms with van der Waals surface area (Å²) in [5, 5.41) is 3.48. The molecule has 1 aromatic carbocycles. The lowest BCUT2D eigenvalue weighted by molar-refractivity contribution is 0.795. The van der Waals surface area contributed by atoms with Gasteiger partial charge in [-0.25, -0.2) is 4.98 Å². The van der Waals surface area contributed by atoms with E-state index in [1.807, 2.05) is 13.0 Å². The Balaban J connectivity index is 1.82. The maximum Gasteiger partial charge on any atom is 0.203 e. The Morgan fingerprint density at radius 3 is 3.00 bits per heavy atom. The number of halogens is 1. The van der Waals surface area contributed by atoms with E-state index >= 15 is 0 Å². The molecular formula is C14H16BrN3. The third kappa shape index (κ3) is 2.75. The zero-order valence-corrected chi connectivity index (χ0v) is 11.9. The Hall–Kier alpha value is -1.29. The first-order valence-electron chi connectivity index (χ1n) is 6.25. The molecule has 0 saturated heterocycles.